The van der Waals surface area contributed by atoms with Crippen molar-refractivity contribution in [1.29, 1.82) is 0 Å². The summed E-state index contributed by atoms with van der Waals surface area (Å²) in [6.45, 7) is 6.42. The van der Waals surface area contributed by atoms with Crippen molar-refractivity contribution < 1.29 is 9.59 Å². The van der Waals surface area contributed by atoms with Gasteiger partial charge >= 0.3 is 0 Å². The van der Waals surface area contributed by atoms with Gasteiger partial charge < -0.3 is 5.32 Å². The van der Waals surface area contributed by atoms with Gasteiger partial charge in [-0.25, -0.2) is 0 Å². The first-order valence-corrected chi connectivity index (χ1v) is 14.0. The van der Waals surface area contributed by atoms with E-state index in [4.69, 9.17) is 0 Å². The van der Waals surface area contributed by atoms with Crippen LogP contribution in [0.25, 0.3) is 0 Å². The minimum Gasteiger partial charge on any atom is -0.386 e. The molecule has 2 unspecified atom stereocenters. The van der Waals surface area contributed by atoms with Crippen molar-refractivity contribution in [1.82, 2.24) is 5.32 Å². The van der Waals surface area contributed by atoms with Gasteiger partial charge in [0.2, 0.25) is 0 Å². The van der Waals surface area contributed by atoms with Crippen LogP contribution in [0.4, 0.5) is 0 Å². The Kier molecular flexibility index (Phi) is 6.56. The van der Waals surface area contributed by atoms with Crippen LogP contribution in [0.2, 0.25) is 0 Å². The molecule has 3 heteroatoms. The van der Waals surface area contributed by atoms with Crippen LogP contribution in [0.15, 0.2) is 12.3 Å². The van der Waals surface area contributed by atoms with Gasteiger partial charge in [-0.15, -0.1) is 0 Å². The molecule has 0 amide bonds. The molecular weight excluding hydrogens is 394 g/mol. The van der Waals surface area contributed by atoms with Gasteiger partial charge in [0.15, 0.2) is 0 Å². The summed E-state index contributed by atoms with van der Waals surface area (Å²) in [6, 6.07) is 0.636. The van der Waals surface area contributed by atoms with E-state index in [-0.39, 0.29) is 17.3 Å². The number of carbonyl (C=O) groups is 2. The topological polar surface area (TPSA) is 46.2 Å². The molecule has 0 aliphatic heterocycles. The second kappa shape index (κ2) is 9.26. The fourth-order valence-corrected chi connectivity index (χ4v) is 7.37. The van der Waals surface area contributed by atoms with E-state index in [9.17, 15) is 9.59 Å². The summed E-state index contributed by atoms with van der Waals surface area (Å²) in [5, 5.41) is 3.77. The molecular formula is C29H45NO2. The minimum atomic E-state index is -0.00131. The predicted molar refractivity (Wildman–Crippen MR) is 129 cm³/mol. The van der Waals surface area contributed by atoms with E-state index in [1.54, 1.807) is 0 Å². The van der Waals surface area contributed by atoms with Crippen molar-refractivity contribution in [2.24, 2.45) is 40.9 Å². The lowest BCUT2D eigenvalue weighted by Gasteiger charge is -2.39. The Bertz CT molecular complexity index is 717. The second-order valence-corrected chi connectivity index (χ2v) is 12.6. The van der Waals surface area contributed by atoms with E-state index < -0.39 is 0 Å². The zero-order valence-electron chi connectivity index (χ0n) is 20.4. The third kappa shape index (κ3) is 5.02. The van der Waals surface area contributed by atoms with Gasteiger partial charge in [-0.3, -0.25) is 9.59 Å². The van der Waals surface area contributed by atoms with Crippen LogP contribution in [0.5, 0.6) is 0 Å². The van der Waals surface area contributed by atoms with Gasteiger partial charge in [0.1, 0.15) is 11.6 Å². The Balaban J connectivity index is 1.05. The number of allylic oxidation sites excluding steroid dienone is 1. The Morgan fingerprint density at radius 1 is 0.719 bits per heavy atom. The maximum atomic E-state index is 13.3. The van der Waals surface area contributed by atoms with Gasteiger partial charge in [-0.1, -0.05) is 26.3 Å². The van der Waals surface area contributed by atoms with E-state index in [1.165, 1.54) is 57.1 Å². The van der Waals surface area contributed by atoms with Crippen molar-refractivity contribution in [2.45, 2.75) is 116 Å². The highest BCUT2D eigenvalue weighted by atomic mass is 16.1. The first-order chi connectivity index (χ1) is 15.4. The third-order valence-corrected chi connectivity index (χ3v) is 10.1. The quantitative estimate of drug-likeness (QED) is 0.463. The average Bonchev–Trinajstić information content (AvgIpc) is 3.75. The highest BCUT2D eigenvalue weighted by molar-refractivity contribution is 5.89. The molecule has 0 bridgehead atoms. The fraction of sp³-hybridized carbons (Fsp3) is 0.862. The molecule has 0 aromatic rings. The first-order valence-electron chi connectivity index (χ1n) is 14.0. The van der Waals surface area contributed by atoms with Crippen molar-refractivity contribution >= 4 is 11.6 Å². The molecule has 178 valence electrons. The number of Topliss-reactive ketones (excluding diaryl/α,β-unsaturated/α-hetero) is 2. The lowest BCUT2D eigenvalue weighted by atomic mass is 9.67. The van der Waals surface area contributed by atoms with Crippen molar-refractivity contribution in [3.63, 3.8) is 0 Å². The number of hydrogen-bond acceptors (Lipinski definition) is 3. The second-order valence-electron chi connectivity index (χ2n) is 12.6. The monoisotopic (exact) mass is 439 g/mol. The summed E-state index contributed by atoms with van der Waals surface area (Å²) in [5.41, 5.74) is 1.30. The Morgan fingerprint density at radius 2 is 1.28 bits per heavy atom. The Morgan fingerprint density at radius 3 is 1.88 bits per heavy atom. The summed E-state index contributed by atoms with van der Waals surface area (Å²) >= 11 is 0. The molecule has 2 atom stereocenters. The summed E-state index contributed by atoms with van der Waals surface area (Å²) < 4.78 is 0. The van der Waals surface area contributed by atoms with E-state index in [1.807, 2.05) is 0 Å². The summed E-state index contributed by atoms with van der Waals surface area (Å²) in [7, 11) is 0. The number of ketones is 2. The molecule has 5 aliphatic carbocycles. The van der Waals surface area contributed by atoms with Gasteiger partial charge in [-0.05, 0) is 108 Å². The molecule has 3 nitrogen and oxygen atoms in total. The van der Waals surface area contributed by atoms with Crippen molar-refractivity contribution in [2.75, 3.05) is 0 Å². The number of nitrogens with one attached hydrogen (secondary N) is 1. The van der Waals surface area contributed by atoms with Crippen LogP contribution in [0.3, 0.4) is 0 Å². The van der Waals surface area contributed by atoms with Crippen molar-refractivity contribution in [3.8, 4) is 0 Å². The van der Waals surface area contributed by atoms with Gasteiger partial charge in [-0.2, -0.15) is 0 Å². The maximum Gasteiger partial charge on any atom is 0.141 e. The summed E-state index contributed by atoms with van der Waals surface area (Å²) in [4.78, 5) is 25.9. The zero-order valence-corrected chi connectivity index (χ0v) is 20.4. The summed E-state index contributed by atoms with van der Waals surface area (Å²) in [5.74, 6) is 4.26. The van der Waals surface area contributed by atoms with Crippen LogP contribution in [0, 0.1) is 40.9 Å². The predicted octanol–water partition coefficient (Wildman–Crippen LogP) is 6.61. The Hall–Kier alpha value is -1.12. The van der Waals surface area contributed by atoms with Crippen LogP contribution in [-0.4, -0.2) is 17.6 Å². The molecule has 0 aromatic heterocycles. The van der Waals surface area contributed by atoms with E-state index in [2.05, 4.69) is 18.8 Å². The molecule has 5 rings (SSSR count). The van der Waals surface area contributed by atoms with Crippen LogP contribution < -0.4 is 5.32 Å². The largest absolute Gasteiger partial charge is 0.386 e. The molecule has 32 heavy (non-hydrogen) atoms. The van der Waals surface area contributed by atoms with E-state index in [0.29, 0.717) is 23.5 Å². The zero-order chi connectivity index (χ0) is 22.3. The molecule has 0 spiro atoms. The molecule has 0 aromatic carbocycles. The fourth-order valence-electron chi connectivity index (χ4n) is 7.37. The van der Waals surface area contributed by atoms with Gasteiger partial charge in [0.25, 0.3) is 0 Å². The van der Waals surface area contributed by atoms with Crippen LogP contribution in [-0.2, 0) is 9.59 Å². The first kappa shape index (κ1) is 22.7. The number of hydrogen-bond donors (Lipinski definition) is 1. The lowest BCUT2D eigenvalue weighted by molar-refractivity contribution is -0.133. The standard InChI is InChI=1S/C29H45NO2/c1-19(20-6-7-20)30-26-5-3-4-25(18-26)21-8-10-22(11-9-21)27(31)23-12-14-24(15-13-23)28(32)29(2)16-17-29/h20-26,30H,1,3-18H2,2H3. The molecule has 5 fully saturated rings. The SMILES string of the molecule is C=C(NC1CCCC(C2CCC(C(=O)C3CCC(C(=O)C4(C)CC4)CC3)CC2)C1)C1CC1. The van der Waals surface area contributed by atoms with E-state index >= 15 is 0 Å². The van der Waals surface area contributed by atoms with E-state index in [0.717, 1.165) is 69.1 Å². The summed E-state index contributed by atoms with van der Waals surface area (Å²) in [6.07, 6.45) is 18.8. The smallest absolute Gasteiger partial charge is 0.141 e. The molecule has 0 saturated heterocycles. The third-order valence-electron chi connectivity index (χ3n) is 10.1. The molecule has 0 radical (unpaired) electrons. The highest BCUT2D eigenvalue weighted by Gasteiger charge is 2.48. The normalized spacial score (nSPS) is 39.2. The highest BCUT2D eigenvalue weighted by Crippen LogP contribution is 2.50. The minimum absolute atomic E-state index is 0.00131. The number of carbonyl (C=O) groups excluding carboxylic acids is 2. The van der Waals surface area contributed by atoms with Gasteiger partial charge in [0, 0.05) is 34.9 Å². The van der Waals surface area contributed by atoms with Crippen LogP contribution in [0.1, 0.15) is 110 Å². The molecule has 0 heterocycles. The number of rotatable bonds is 8. The Labute approximate surface area is 195 Å². The average molecular weight is 440 g/mol. The van der Waals surface area contributed by atoms with Gasteiger partial charge in [0.05, 0.1) is 0 Å². The molecule has 1 N–H and O–H groups in total. The van der Waals surface area contributed by atoms with Crippen molar-refractivity contribution in [3.05, 3.63) is 12.3 Å². The lowest BCUT2D eigenvalue weighted by Crippen LogP contribution is -2.38. The van der Waals surface area contributed by atoms with Crippen LogP contribution >= 0.6 is 0 Å². The molecule has 5 aliphatic rings. The molecule has 5 saturated carbocycles. The maximum absolute atomic E-state index is 13.3.